The lowest BCUT2D eigenvalue weighted by atomic mass is 9.92. The average molecular weight is 224 g/mol. The minimum Gasteiger partial charge on any atom is -0.381 e. The van der Waals surface area contributed by atoms with Crippen molar-refractivity contribution < 1.29 is 4.74 Å². The summed E-state index contributed by atoms with van der Waals surface area (Å²) >= 11 is 0. The van der Waals surface area contributed by atoms with Crippen molar-refractivity contribution in [2.75, 3.05) is 39.4 Å². The molecular formula is C13H24N2O. The van der Waals surface area contributed by atoms with E-state index in [2.05, 4.69) is 10.6 Å². The molecule has 1 spiro atoms. The molecule has 0 aromatic rings. The molecule has 0 bridgehead atoms. The Morgan fingerprint density at radius 2 is 2.12 bits per heavy atom. The van der Waals surface area contributed by atoms with Crippen LogP contribution in [0.5, 0.6) is 0 Å². The molecule has 1 saturated carbocycles. The molecule has 3 rings (SSSR count). The third-order valence-electron chi connectivity index (χ3n) is 4.81. The first-order chi connectivity index (χ1) is 7.89. The van der Waals surface area contributed by atoms with Crippen LogP contribution in [0.15, 0.2) is 0 Å². The lowest BCUT2D eigenvalue weighted by Crippen LogP contribution is -2.32. The van der Waals surface area contributed by atoms with Crippen molar-refractivity contribution in [2.45, 2.75) is 25.7 Å². The van der Waals surface area contributed by atoms with Crippen molar-refractivity contribution in [3.8, 4) is 0 Å². The fourth-order valence-corrected chi connectivity index (χ4v) is 3.46. The van der Waals surface area contributed by atoms with Crippen LogP contribution in [-0.2, 0) is 4.74 Å². The van der Waals surface area contributed by atoms with E-state index in [-0.39, 0.29) is 0 Å². The molecule has 0 aromatic heterocycles. The summed E-state index contributed by atoms with van der Waals surface area (Å²) in [6, 6.07) is 0. The number of hydrogen-bond acceptors (Lipinski definition) is 3. The molecule has 1 aliphatic carbocycles. The predicted molar refractivity (Wildman–Crippen MR) is 64.4 cm³/mol. The molecule has 2 aliphatic heterocycles. The van der Waals surface area contributed by atoms with Crippen molar-refractivity contribution in [2.24, 2.45) is 17.3 Å². The maximum Gasteiger partial charge on any atom is 0.0507 e. The molecule has 2 saturated heterocycles. The van der Waals surface area contributed by atoms with Gasteiger partial charge in [-0.1, -0.05) is 0 Å². The maximum atomic E-state index is 5.39. The van der Waals surface area contributed by atoms with Crippen molar-refractivity contribution in [3.05, 3.63) is 0 Å². The SMILES string of the molecule is C1CC2(CCN1)CC2CNCC1CCOC1. The molecular weight excluding hydrogens is 200 g/mol. The van der Waals surface area contributed by atoms with Gasteiger partial charge < -0.3 is 15.4 Å². The van der Waals surface area contributed by atoms with Crippen molar-refractivity contribution in [1.82, 2.24) is 10.6 Å². The Labute approximate surface area is 98.3 Å². The summed E-state index contributed by atoms with van der Waals surface area (Å²) in [5.74, 6) is 1.75. The fourth-order valence-electron chi connectivity index (χ4n) is 3.46. The third kappa shape index (κ3) is 2.27. The van der Waals surface area contributed by atoms with Crippen molar-refractivity contribution in [3.63, 3.8) is 0 Å². The van der Waals surface area contributed by atoms with Crippen LogP contribution in [0.3, 0.4) is 0 Å². The van der Waals surface area contributed by atoms with Crippen LogP contribution in [0, 0.1) is 17.3 Å². The summed E-state index contributed by atoms with van der Waals surface area (Å²) in [6.45, 7) is 6.86. The standard InChI is InChI=1S/C13H24N2O/c1-6-16-10-11(1)8-15-9-12-7-13(12)2-4-14-5-3-13/h11-12,14-15H,1-10H2. The van der Waals surface area contributed by atoms with E-state index in [9.17, 15) is 0 Å². The first kappa shape index (κ1) is 11.0. The van der Waals surface area contributed by atoms with E-state index in [1.807, 2.05) is 0 Å². The summed E-state index contributed by atoms with van der Waals surface area (Å²) in [4.78, 5) is 0. The zero-order valence-corrected chi connectivity index (χ0v) is 10.1. The summed E-state index contributed by atoms with van der Waals surface area (Å²) in [5, 5.41) is 7.13. The second-order valence-electron chi connectivity index (χ2n) is 5.90. The highest BCUT2D eigenvalue weighted by Crippen LogP contribution is 2.58. The molecule has 92 valence electrons. The van der Waals surface area contributed by atoms with Gasteiger partial charge in [-0.2, -0.15) is 0 Å². The molecule has 2 unspecified atom stereocenters. The zero-order valence-electron chi connectivity index (χ0n) is 10.1. The molecule has 2 heterocycles. The molecule has 16 heavy (non-hydrogen) atoms. The van der Waals surface area contributed by atoms with Crippen LogP contribution in [0.2, 0.25) is 0 Å². The lowest BCUT2D eigenvalue weighted by molar-refractivity contribution is 0.185. The quantitative estimate of drug-likeness (QED) is 0.747. The molecule has 3 heteroatoms. The minimum atomic E-state index is 0.741. The zero-order chi connectivity index (χ0) is 10.8. The van der Waals surface area contributed by atoms with E-state index in [0.717, 1.165) is 30.5 Å². The molecule has 0 radical (unpaired) electrons. The van der Waals surface area contributed by atoms with Gasteiger partial charge in [0, 0.05) is 13.2 Å². The fraction of sp³-hybridized carbons (Fsp3) is 1.00. The highest BCUT2D eigenvalue weighted by molar-refractivity contribution is 5.05. The average Bonchev–Trinajstić information content (AvgIpc) is 2.78. The first-order valence-electron chi connectivity index (χ1n) is 6.88. The second kappa shape index (κ2) is 4.63. The normalized spacial score (nSPS) is 36.8. The summed E-state index contributed by atoms with van der Waals surface area (Å²) < 4.78 is 5.39. The summed E-state index contributed by atoms with van der Waals surface area (Å²) in [7, 11) is 0. The first-order valence-corrected chi connectivity index (χ1v) is 6.88. The van der Waals surface area contributed by atoms with Crippen LogP contribution < -0.4 is 10.6 Å². The van der Waals surface area contributed by atoms with Crippen LogP contribution in [-0.4, -0.2) is 39.4 Å². The van der Waals surface area contributed by atoms with Gasteiger partial charge in [0.05, 0.1) is 6.61 Å². The van der Waals surface area contributed by atoms with Gasteiger partial charge in [0.1, 0.15) is 0 Å². The van der Waals surface area contributed by atoms with E-state index in [1.165, 1.54) is 51.9 Å². The molecule has 3 fully saturated rings. The largest absolute Gasteiger partial charge is 0.381 e. The third-order valence-corrected chi connectivity index (χ3v) is 4.81. The van der Waals surface area contributed by atoms with Gasteiger partial charge in [-0.25, -0.2) is 0 Å². The smallest absolute Gasteiger partial charge is 0.0507 e. The highest BCUT2D eigenvalue weighted by atomic mass is 16.5. The van der Waals surface area contributed by atoms with E-state index >= 15 is 0 Å². The summed E-state index contributed by atoms with van der Waals surface area (Å²) in [5.41, 5.74) is 0.741. The van der Waals surface area contributed by atoms with Gasteiger partial charge >= 0.3 is 0 Å². The Morgan fingerprint density at radius 1 is 1.25 bits per heavy atom. The molecule has 2 N–H and O–H groups in total. The molecule has 3 aliphatic rings. The van der Waals surface area contributed by atoms with E-state index < -0.39 is 0 Å². The highest BCUT2D eigenvalue weighted by Gasteiger charge is 2.53. The Bertz CT molecular complexity index is 232. The van der Waals surface area contributed by atoms with Crippen LogP contribution in [0.25, 0.3) is 0 Å². The van der Waals surface area contributed by atoms with Crippen LogP contribution >= 0.6 is 0 Å². The van der Waals surface area contributed by atoms with Crippen LogP contribution in [0.1, 0.15) is 25.7 Å². The van der Waals surface area contributed by atoms with E-state index in [4.69, 9.17) is 4.74 Å². The number of rotatable bonds is 4. The number of ether oxygens (including phenoxy) is 1. The van der Waals surface area contributed by atoms with Crippen molar-refractivity contribution in [1.29, 1.82) is 0 Å². The van der Waals surface area contributed by atoms with E-state index in [0.29, 0.717) is 0 Å². The molecule has 0 aromatic carbocycles. The monoisotopic (exact) mass is 224 g/mol. The Kier molecular flexibility index (Phi) is 3.18. The van der Waals surface area contributed by atoms with Gasteiger partial charge in [-0.15, -0.1) is 0 Å². The summed E-state index contributed by atoms with van der Waals surface area (Å²) in [6.07, 6.45) is 5.55. The van der Waals surface area contributed by atoms with Gasteiger partial charge in [-0.05, 0) is 62.6 Å². The van der Waals surface area contributed by atoms with Gasteiger partial charge in [-0.3, -0.25) is 0 Å². The maximum absolute atomic E-state index is 5.39. The van der Waals surface area contributed by atoms with Gasteiger partial charge in [0.2, 0.25) is 0 Å². The second-order valence-corrected chi connectivity index (χ2v) is 5.90. The molecule has 3 nitrogen and oxygen atoms in total. The van der Waals surface area contributed by atoms with Crippen molar-refractivity contribution >= 4 is 0 Å². The Hall–Kier alpha value is -0.120. The van der Waals surface area contributed by atoms with Gasteiger partial charge in [0.25, 0.3) is 0 Å². The predicted octanol–water partition coefficient (Wildman–Crippen LogP) is 1.00. The number of piperidine rings is 1. The topological polar surface area (TPSA) is 33.3 Å². The number of nitrogens with one attached hydrogen (secondary N) is 2. The molecule has 2 atom stereocenters. The molecule has 0 amide bonds. The minimum absolute atomic E-state index is 0.741. The Balaban J connectivity index is 1.34. The number of hydrogen-bond donors (Lipinski definition) is 2. The lowest BCUT2D eigenvalue weighted by Gasteiger charge is -2.23. The van der Waals surface area contributed by atoms with Gasteiger partial charge in [0.15, 0.2) is 0 Å². The van der Waals surface area contributed by atoms with Crippen LogP contribution in [0.4, 0.5) is 0 Å². The Morgan fingerprint density at radius 3 is 2.88 bits per heavy atom. The van der Waals surface area contributed by atoms with E-state index in [1.54, 1.807) is 0 Å².